The lowest BCUT2D eigenvalue weighted by molar-refractivity contribution is 0.203. The lowest BCUT2D eigenvalue weighted by Crippen LogP contribution is -2.23. The summed E-state index contributed by atoms with van der Waals surface area (Å²) in [6.45, 7) is 1.46. The first-order valence-electron chi connectivity index (χ1n) is 5.60. The van der Waals surface area contributed by atoms with Crippen molar-refractivity contribution in [2.75, 3.05) is 13.2 Å². The van der Waals surface area contributed by atoms with Gasteiger partial charge in [-0.3, -0.25) is 0 Å². The Kier molecular flexibility index (Phi) is 4.34. The van der Waals surface area contributed by atoms with Crippen molar-refractivity contribution < 1.29 is 4.74 Å². The zero-order valence-corrected chi connectivity index (χ0v) is 11.3. The molecule has 0 saturated heterocycles. The number of ether oxygens (including phenoxy) is 1. The Labute approximate surface area is 109 Å². The number of halogens is 1. The Morgan fingerprint density at radius 1 is 1.31 bits per heavy atom. The minimum atomic E-state index is 0.475. The van der Waals surface area contributed by atoms with Crippen LogP contribution in [0.2, 0.25) is 0 Å². The van der Waals surface area contributed by atoms with Crippen molar-refractivity contribution in [2.45, 2.75) is 19.3 Å². The molecule has 0 amide bonds. The highest BCUT2D eigenvalue weighted by atomic mass is 127. The summed E-state index contributed by atoms with van der Waals surface area (Å²) in [5.41, 5.74) is 5.73. The molecule has 2 atom stereocenters. The molecule has 0 aromatic carbocycles. The Bertz CT molecular complexity index is 331. The first kappa shape index (κ1) is 12.0. The van der Waals surface area contributed by atoms with Crippen LogP contribution in [0.15, 0.2) is 12.4 Å². The summed E-state index contributed by atoms with van der Waals surface area (Å²) in [5.74, 6) is 1.19. The molecule has 1 saturated carbocycles. The zero-order valence-electron chi connectivity index (χ0n) is 9.10. The van der Waals surface area contributed by atoms with E-state index in [0.29, 0.717) is 24.5 Å². The van der Waals surface area contributed by atoms with Crippen molar-refractivity contribution in [2.24, 2.45) is 17.6 Å². The van der Waals surface area contributed by atoms with Crippen LogP contribution in [0.5, 0.6) is 6.01 Å². The molecule has 2 unspecified atom stereocenters. The summed E-state index contributed by atoms with van der Waals surface area (Å²) in [5, 5.41) is 0. The first-order chi connectivity index (χ1) is 7.79. The number of aromatic nitrogens is 2. The van der Waals surface area contributed by atoms with Crippen LogP contribution in [0.4, 0.5) is 0 Å². The van der Waals surface area contributed by atoms with Gasteiger partial charge in [-0.1, -0.05) is 6.42 Å². The molecule has 1 aromatic rings. The van der Waals surface area contributed by atoms with Gasteiger partial charge in [0.2, 0.25) is 0 Å². The predicted octanol–water partition coefficient (Wildman–Crippen LogP) is 1.83. The molecule has 2 N–H and O–H groups in total. The highest BCUT2D eigenvalue weighted by Crippen LogP contribution is 2.30. The van der Waals surface area contributed by atoms with Crippen LogP contribution in [0.3, 0.4) is 0 Å². The lowest BCUT2D eigenvalue weighted by atomic mass is 9.97. The Hall–Kier alpha value is -0.430. The van der Waals surface area contributed by atoms with Gasteiger partial charge < -0.3 is 10.5 Å². The maximum Gasteiger partial charge on any atom is 0.316 e. The average Bonchev–Trinajstić information content (AvgIpc) is 2.76. The van der Waals surface area contributed by atoms with E-state index >= 15 is 0 Å². The third-order valence-corrected chi connectivity index (χ3v) is 3.70. The average molecular weight is 333 g/mol. The molecule has 88 valence electrons. The molecule has 4 nitrogen and oxygen atoms in total. The number of rotatable bonds is 4. The summed E-state index contributed by atoms with van der Waals surface area (Å²) in [6, 6.07) is 0.475. The van der Waals surface area contributed by atoms with Gasteiger partial charge in [-0.05, 0) is 53.8 Å². The fraction of sp³-hybridized carbons (Fsp3) is 0.636. The van der Waals surface area contributed by atoms with E-state index in [1.165, 1.54) is 19.3 Å². The van der Waals surface area contributed by atoms with Crippen molar-refractivity contribution in [3.8, 4) is 6.01 Å². The second-order valence-electron chi connectivity index (χ2n) is 4.18. The molecular formula is C11H16IN3O. The molecule has 0 spiro atoms. The highest BCUT2D eigenvalue weighted by molar-refractivity contribution is 14.1. The molecule has 0 aliphatic heterocycles. The fourth-order valence-electron chi connectivity index (χ4n) is 2.20. The van der Waals surface area contributed by atoms with E-state index in [2.05, 4.69) is 32.6 Å². The third-order valence-electron chi connectivity index (χ3n) is 3.14. The van der Waals surface area contributed by atoms with Crippen molar-refractivity contribution in [1.82, 2.24) is 9.97 Å². The van der Waals surface area contributed by atoms with Gasteiger partial charge >= 0.3 is 6.01 Å². The molecule has 1 heterocycles. The maximum atomic E-state index is 5.73. The van der Waals surface area contributed by atoms with Crippen LogP contribution in [0, 0.1) is 15.4 Å². The predicted molar refractivity (Wildman–Crippen MR) is 70.1 cm³/mol. The molecule has 1 fully saturated rings. The van der Waals surface area contributed by atoms with Gasteiger partial charge in [-0.15, -0.1) is 0 Å². The van der Waals surface area contributed by atoms with Gasteiger partial charge in [0.05, 0.1) is 6.61 Å². The van der Waals surface area contributed by atoms with Gasteiger partial charge in [0.15, 0.2) is 0 Å². The summed E-state index contributed by atoms with van der Waals surface area (Å²) < 4.78 is 6.62. The molecule has 5 heteroatoms. The summed E-state index contributed by atoms with van der Waals surface area (Å²) in [7, 11) is 0. The van der Waals surface area contributed by atoms with Gasteiger partial charge in [0, 0.05) is 16.0 Å². The quantitative estimate of drug-likeness (QED) is 0.854. The SMILES string of the molecule is NCC1CCCC1COc1ncc(I)cn1. The van der Waals surface area contributed by atoms with Crippen LogP contribution >= 0.6 is 22.6 Å². The van der Waals surface area contributed by atoms with E-state index in [4.69, 9.17) is 10.5 Å². The van der Waals surface area contributed by atoms with E-state index in [1.807, 2.05) is 0 Å². The molecule has 0 radical (unpaired) electrons. The van der Waals surface area contributed by atoms with E-state index < -0.39 is 0 Å². The van der Waals surface area contributed by atoms with Gasteiger partial charge in [0.1, 0.15) is 0 Å². The topological polar surface area (TPSA) is 61.0 Å². The van der Waals surface area contributed by atoms with E-state index in [1.54, 1.807) is 12.4 Å². The third kappa shape index (κ3) is 3.04. The lowest BCUT2D eigenvalue weighted by Gasteiger charge is -2.17. The summed E-state index contributed by atoms with van der Waals surface area (Å²) in [4.78, 5) is 8.24. The molecule has 16 heavy (non-hydrogen) atoms. The van der Waals surface area contributed by atoms with Crippen molar-refractivity contribution >= 4 is 22.6 Å². The molecular weight excluding hydrogens is 317 g/mol. The number of hydrogen-bond donors (Lipinski definition) is 1. The monoisotopic (exact) mass is 333 g/mol. The van der Waals surface area contributed by atoms with Crippen molar-refractivity contribution in [1.29, 1.82) is 0 Å². The second kappa shape index (κ2) is 5.77. The summed E-state index contributed by atoms with van der Waals surface area (Å²) >= 11 is 2.18. The number of nitrogens with two attached hydrogens (primary N) is 1. The Balaban J connectivity index is 1.85. The molecule has 1 aliphatic carbocycles. The van der Waals surface area contributed by atoms with Gasteiger partial charge in [-0.25, -0.2) is 9.97 Å². The zero-order chi connectivity index (χ0) is 11.4. The highest BCUT2D eigenvalue weighted by Gasteiger charge is 2.26. The Morgan fingerprint density at radius 2 is 2.00 bits per heavy atom. The van der Waals surface area contributed by atoms with Crippen molar-refractivity contribution in [3.63, 3.8) is 0 Å². The molecule has 1 aliphatic rings. The first-order valence-corrected chi connectivity index (χ1v) is 6.68. The molecule has 1 aromatic heterocycles. The normalized spacial score (nSPS) is 24.6. The number of nitrogens with zero attached hydrogens (tertiary/aromatic N) is 2. The van der Waals surface area contributed by atoms with E-state index in [-0.39, 0.29) is 0 Å². The fourth-order valence-corrected chi connectivity index (χ4v) is 2.48. The molecule has 0 bridgehead atoms. The summed E-state index contributed by atoms with van der Waals surface area (Å²) in [6.07, 6.45) is 7.24. The van der Waals surface area contributed by atoms with Crippen LogP contribution in [-0.2, 0) is 0 Å². The second-order valence-corrected chi connectivity index (χ2v) is 5.43. The van der Waals surface area contributed by atoms with Crippen LogP contribution in [0.1, 0.15) is 19.3 Å². The van der Waals surface area contributed by atoms with E-state index in [0.717, 1.165) is 10.1 Å². The minimum absolute atomic E-state index is 0.475. The Morgan fingerprint density at radius 3 is 2.69 bits per heavy atom. The standard InChI is InChI=1S/C11H16IN3O/c12-10-5-14-11(15-6-10)16-7-9-3-1-2-8(9)4-13/h5-6,8-9H,1-4,7,13H2. The largest absolute Gasteiger partial charge is 0.463 e. The maximum absolute atomic E-state index is 5.73. The van der Waals surface area contributed by atoms with E-state index in [9.17, 15) is 0 Å². The van der Waals surface area contributed by atoms with Crippen LogP contribution < -0.4 is 10.5 Å². The smallest absolute Gasteiger partial charge is 0.316 e. The number of hydrogen-bond acceptors (Lipinski definition) is 4. The van der Waals surface area contributed by atoms with Gasteiger partial charge in [0.25, 0.3) is 0 Å². The van der Waals surface area contributed by atoms with Crippen LogP contribution in [-0.4, -0.2) is 23.1 Å². The van der Waals surface area contributed by atoms with Crippen molar-refractivity contribution in [3.05, 3.63) is 16.0 Å². The molecule has 2 rings (SSSR count). The minimum Gasteiger partial charge on any atom is -0.463 e. The van der Waals surface area contributed by atoms with Crippen LogP contribution in [0.25, 0.3) is 0 Å². The van der Waals surface area contributed by atoms with Gasteiger partial charge in [-0.2, -0.15) is 0 Å².